The number of ether oxygens (including phenoxy) is 1. The molecule has 0 bridgehead atoms. The fraction of sp³-hybridized carbons (Fsp3) is 0.625. The molecule has 1 fully saturated rings. The zero-order valence-corrected chi connectivity index (χ0v) is 12.9. The van der Waals surface area contributed by atoms with Crippen LogP contribution in [0.5, 0.6) is 0 Å². The minimum Gasteiger partial charge on any atom is -0.380 e. The first-order valence-electron chi connectivity index (χ1n) is 7.36. The van der Waals surface area contributed by atoms with Crippen molar-refractivity contribution in [3.05, 3.63) is 34.6 Å². The van der Waals surface area contributed by atoms with Crippen molar-refractivity contribution in [2.75, 3.05) is 13.7 Å². The summed E-state index contributed by atoms with van der Waals surface area (Å²) in [6.07, 6.45) is 4.23. The number of halogens is 2. The Bertz CT molecular complexity index is 436. The fourth-order valence-corrected chi connectivity index (χ4v) is 2.88. The molecule has 1 aromatic carbocycles. The summed E-state index contributed by atoms with van der Waals surface area (Å²) < 4.78 is 19.7. The molecule has 0 aliphatic heterocycles. The van der Waals surface area contributed by atoms with Crippen molar-refractivity contribution in [2.45, 2.75) is 44.8 Å². The summed E-state index contributed by atoms with van der Waals surface area (Å²) in [6, 6.07) is 5.34. The van der Waals surface area contributed by atoms with E-state index in [0.717, 1.165) is 13.0 Å². The first kappa shape index (κ1) is 15.7. The van der Waals surface area contributed by atoms with Gasteiger partial charge in [0.05, 0.1) is 11.1 Å². The van der Waals surface area contributed by atoms with E-state index in [1.807, 2.05) is 6.07 Å². The number of hydrogen-bond acceptors (Lipinski definition) is 2. The molecule has 0 spiro atoms. The van der Waals surface area contributed by atoms with Crippen LogP contribution >= 0.6 is 11.6 Å². The Hall–Kier alpha value is -0.640. The van der Waals surface area contributed by atoms with Crippen LogP contribution in [0.4, 0.5) is 4.39 Å². The summed E-state index contributed by atoms with van der Waals surface area (Å²) in [5.74, 6) is 0.305. The molecule has 0 heterocycles. The van der Waals surface area contributed by atoms with Crippen molar-refractivity contribution in [3.63, 3.8) is 0 Å². The topological polar surface area (TPSA) is 21.3 Å². The van der Waals surface area contributed by atoms with Gasteiger partial charge in [0.1, 0.15) is 5.82 Å². The standard InChI is InChI=1S/C16H23ClFNO/c1-3-9-19-14(16(20-2)11-7-8-11)10-12-5-4-6-13(17)15(12)18/h4-6,11,14,16,19H,3,7-10H2,1-2H3. The molecule has 112 valence electrons. The molecular weight excluding hydrogens is 277 g/mol. The van der Waals surface area contributed by atoms with Crippen LogP contribution in [0.15, 0.2) is 18.2 Å². The Balaban J connectivity index is 2.11. The van der Waals surface area contributed by atoms with Crippen LogP contribution in [-0.2, 0) is 11.2 Å². The van der Waals surface area contributed by atoms with Crippen LogP contribution < -0.4 is 5.32 Å². The third-order valence-corrected chi connectivity index (χ3v) is 4.18. The summed E-state index contributed by atoms with van der Waals surface area (Å²) in [5.41, 5.74) is 0.661. The SMILES string of the molecule is CCCNC(Cc1cccc(Cl)c1F)C(OC)C1CC1. The van der Waals surface area contributed by atoms with Gasteiger partial charge in [-0.2, -0.15) is 0 Å². The van der Waals surface area contributed by atoms with E-state index in [1.165, 1.54) is 12.8 Å². The number of nitrogens with one attached hydrogen (secondary N) is 1. The highest BCUT2D eigenvalue weighted by Gasteiger charge is 2.36. The molecular formula is C16H23ClFNO. The van der Waals surface area contributed by atoms with Gasteiger partial charge in [0.2, 0.25) is 0 Å². The molecule has 1 aliphatic rings. The zero-order valence-electron chi connectivity index (χ0n) is 12.2. The van der Waals surface area contributed by atoms with Crippen LogP contribution in [0, 0.1) is 11.7 Å². The van der Waals surface area contributed by atoms with Gasteiger partial charge in [-0.3, -0.25) is 0 Å². The second-order valence-electron chi connectivity index (χ2n) is 5.52. The van der Waals surface area contributed by atoms with Gasteiger partial charge < -0.3 is 10.1 Å². The van der Waals surface area contributed by atoms with E-state index in [0.29, 0.717) is 17.9 Å². The van der Waals surface area contributed by atoms with Crippen molar-refractivity contribution >= 4 is 11.6 Å². The van der Waals surface area contributed by atoms with Crippen molar-refractivity contribution < 1.29 is 9.13 Å². The predicted molar refractivity (Wildman–Crippen MR) is 80.7 cm³/mol. The minimum atomic E-state index is -0.303. The lowest BCUT2D eigenvalue weighted by atomic mass is 9.97. The van der Waals surface area contributed by atoms with Crippen molar-refractivity contribution in [1.29, 1.82) is 0 Å². The molecule has 2 rings (SSSR count). The Morgan fingerprint density at radius 2 is 2.20 bits per heavy atom. The highest BCUT2D eigenvalue weighted by molar-refractivity contribution is 6.30. The first-order valence-corrected chi connectivity index (χ1v) is 7.74. The molecule has 1 aromatic rings. The molecule has 1 aliphatic carbocycles. The van der Waals surface area contributed by atoms with E-state index in [-0.39, 0.29) is 23.0 Å². The van der Waals surface area contributed by atoms with E-state index >= 15 is 0 Å². The van der Waals surface area contributed by atoms with Gasteiger partial charge in [-0.15, -0.1) is 0 Å². The summed E-state index contributed by atoms with van der Waals surface area (Å²) in [5, 5.41) is 3.69. The number of benzene rings is 1. The van der Waals surface area contributed by atoms with Gasteiger partial charge in [0.15, 0.2) is 0 Å². The zero-order chi connectivity index (χ0) is 14.5. The van der Waals surface area contributed by atoms with E-state index < -0.39 is 0 Å². The van der Waals surface area contributed by atoms with Crippen molar-refractivity contribution in [3.8, 4) is 0 Å². The average Bonchev–Trinajstić information content (AvgIpc) is 3.26. The van der Waals surface area contributed by atoms with Crippen molar-refractivity contribution in [2.24, 2.45) is 5.92 Å². The van der Waals surface area contributed by atoms with E-state index in [4.69, 9.17) is 16.3 Å². The summed E-state index contributed by atoms with van der Waals surface area (Å²) >= 11 is 5.86. The van der Waals surface area contributed by atoms with Crippen LogP contribution in [0.1, 0.15) is 31.7 Å². The van der Waals surface area contributed by atoms with Crippen molar-refractivity contribution in [1.82, 2.24) is 5.32 Å². The monoisotopic (exact) mass is 299 g/mol. The Kier molecular flexibility index (Phi) is 5.82. The first-order chi connectivity index (χ1) is 9.67. The molecule has 0 saturated heterocycles. The molecule has 2 nitrogen and oxygen atoms in total. The lowest BCUT2D eigenvalue weighted by molar-refractivity contribution is 0.0509. The fourth-order valence-electron chi connectivity index (χ4n) is 2.69. The third-order valence-electron chi connectivity index (χ3n) is 3.88. The molecule has 2 atom stereocenters. The maximum atomic E-state index is 14.1. The molecule has 0 aromatic heterocycles. The largest absolute Gasteiger partial charge is 0.380 e. The number of hydrogen-bond donors (Lipinski definition) is 1. The second kappa shape index (κ2) is 7.39. The van der Waals surface area contributed by atoms with Gasteiger partial charge in [-0.25, -0.2) is 4.39 Å². The van der Waals surface area contributed by atoms with E-state index in [9.17, 15) is 4.39 Å². The smallest absolute Gasteiger partial charge is 0.145 e. The number of methoxy groups -OCH3 is 1. The van der Waals surface area contributed by atoms with Gasteiger partial charge in [0, 0.05) is 13.2 Å². The highest BCUT2D eigenvalue weighted by Crippen LogP contribution is 2.36. The normalized spacial score (nSPS) is 18.0. The van der Waals surface area contributed by atoms with Crippen LogP contribution in [0.3, 0.4) is 0 Å². The average molecular weight is 300 g/mol. The quantitative estimate of drug-likeness (QED) is 0.788. The Labute approximate surface area is 125 Å². The molecule has 1 saturated carbocycles. The van der Waals surface area contributed by atoms with Gasteiger partial charge >= 0.3 is 0 Å². The molecule has 0 radical (unpaired) electrons. The summed E-state index contributed by atoms with van der Waals surface area (Å²) in [7, 11) is 1.75. The lowest BCUT2D eigenvalue weighted by Gasteiger charge is -2.27. The van der Waals surface area contributed by atoms with Gasteiger partial charge in [-0.1, -0.05) is 30.7 Å². The third kappa shape index (κ3) is 3.94. The maximum Gasteiger partial charge on any atom is 0.145 e. The van der Waals surface area contributed by atoms with Crippen LogP contribution in [0.25, 0.3) is 0 Å². The van der Waals surface area contributed by atoms with Crippen LogP contribution in [-0.4, -0.2) is 25.8 Å². The summed E-state index contributed by atoms with van der Waals surface area (Å²) in [6.45, 7) is 3.04. The lowest BCUT2D eigenvalue weighted by Crippen LogP contribution is -2.44. The van der Waals surface area contributed by atoms with E-state index in [2.05, 4.69) is 12.2 Å². The molecule has 20 heavy (non-hydrogen) atoms. The molecule has 0 amide bonds. The molecule has 1 N–H and O–H groups in total. The molecule has 4 heteroatoms. The maximum absolute atomic E-state index is 14.1. The second-order valence-corrected chi connectivity index (χ2v) is 5.92. The Morgan fingerprint density at radius 1 is 1.45 bits per heavy atom. The molecule has 2 unspecified atom stereocenters. The Morgan fingerprint density at radius 3 is 2.80 bits per heavy atom. The van der Waals surface area contributed by atoms with Gasteiger partial charge in [-0.05, 0) is 49.8 Å². The van der Waals surface area contributed by atoms with Gasteiger partial charge in [0.25, 0.3) is 0 Å². The van der Waals surface area contributed by atoms with Crippen LogP contribution in [0.2, 0.25) is 5.02 Å². The number of rotatable bonds is 8. The van der Waals surface area contributed by atoms with E-state index in [1.54, 1.807) is 19.2 Å². The minimum absolute atomic E-state index is 0.139. The predicted octanol–water partition coefficient (Wildman–Crippen LogP) is 3.81. The highest BCUT2D eigenvalue weighted by atomic mass is 35.5. The summed E-state index contributed by atoms with van der Waals surface area (Å²) in [4.78, 5) is 0.